The molecule has 0 saturated carbocycles. The third kappa shape index (κ3) is 2.74. The number of nitrogens with zero attached hydrogens (tertiary/aromatic N) is 1. The van der Waals surface area contributed by atoms with Crippen LogP contribution >= 0.6 is 0 Å². The van der Waals surface area contributed by atoms with Gasteiger partial charge in [-0.05, 0) is 38.0 Å². The number of carbonyl (C=O) groups excluding carboxylic acids is 2. The van der Waals surface area contributed by atoms with Crippen molar-refractivity contribution < 1.29 is 14.0 Å². The van der Waals surface area contributed by atoms with Gasteiger partial charge in [-0.2, -0.15) is 0 Å². The zero-order chi connectivity index (χ0) is 14.9. The van der Waals surface area contributed by atoms with Crippen molar-refractivity contribution in [2.24, 2.45) is 11.7 Å². The second-order valence-electron chi connectivity index (χ2n) is 5.22. The summed E-state index contributed by atoms with van der Waals surface area (Å²) >= 11 is 0. The molecular weight excluding hydrogens is 261 g/mol. The number of anilines is 1. The highest BCUT2D eigenvalue weighted by Crippen LogP contribution is 2.24. The molecule has 2 atom stereocenters. The van der Waals surface area contributed by atoms with Crippen LogP contribution in [0.1, 0.15) is 30.1 Å². The Morgan fingerprint density at radius 1 is 1.35 bits per heavy atom. The molecule has 0 aliphatic carbocycles. The molecule has 4 N–H and O–H groups in total. The van der Waals surface area contributed by atoms with Gasteiger partial charge in [-0.1, -0.05) is 0 Å². The van der Waals surface area contributed by atoms with Crippen LogP contribution in [0.3, 0.4) is 0 Å². The van der Waals surface area contributed by atoms with E-state index in [1.54, 1.807) is 4.90 Å². The van der Waals surface area contributed by atoms with E-state index in [2.05, 4.69) is 0 Å². The third-order valence-electron chi connectivity index (χ3n) is 3.79. The van der Waals surface area contributed by atoms with E-state index in [1.807, 2.05) is 6.92 Å². The molecule has 1 aliphatic rings. The Morgan fingerprint density at radius 3 is 2.65 bits per heavy atom. The molecular formula is C14H18FN3O2. The normalized spacial score (nSPS) is 22.6. The molecule has 1 saturated heterocycles. The summed E-state index contributed by atoms with van der Waals surface area (Å²) < 4.78 is 13.1. The van der Waals surface area contributed by atoms with Crippen molar-refractivity contribution in [1.82, 2.24) is 4.90 Å². The molecule has 1 aromatic carbocycles. The molecule has 0 bridgehead atoms. The summed E-state index contributed by atoms with van der Waals surface area (Å²) in [5, 5.41) is 0. The monoisotopic (exact) mass is 279 g/mol. The van der Waals surface area contributed by atoms with Gasteiger partial charge < -0.3 is 16.4 Å². The SMILES string of the molecule is CC1CCC(C(N)=O)CN1C(=O)c1ccc(F)c(N)c1. The number of rotatable bonds is 2. The number of likely N-dealkylation sites (tertiary alicyclic amines) is 1. The number of primary amides is 1. The standard InChI is InChI=1S/C14H18FN3O2/c1-8-2-3-10(13(17)19)7-18(8)14(20)9-4-5-11(15)12(16)6-9/h4-6,8,10H,2-3,7,16H2,1H3,(H2,17,19). The molecule has 2 unspecified atom stereocenters. The third-order valence-corrected chi connectivity index (χ3v) is 3.79. The molecule has 0 aromatic heterocycles. The molecule has 0 spiro atoms. The van der Waals surface area contributed by atoms with Gasteiger partial charge in [0.05, 0.1) is 11.6 Å². The van der Waals surface area contributed by atoms with Crippen molar-refractivity contribution in [2.45, 2.75) is 25.8 Å². The highest BCUT2D eigenvalue weighted by Gasteiger charge is 2.32. The number of hydrogen-bond acceptors (Lipinski definition) is 3. The number of carbonyl (C=O) groups is 2. The van der Waals surface area contributed by atoms with Crippen molar-refractivity contribution >= 4 is 17.5 Å². The quantitative estimate of drug-likeness (QED) is 0.795. The summed E-state index contributed by atoms with van der Waals surface area (Å²) in [5.41, 5.74) is 11.0. The number of piperidine rings is 1. The van der Waals surface area contributed by atoms with Crippen LogP contribution in [0.15, 0.2) is 18.2 Å². The van der Waals surface area contributed by atoms with Gasteiger partial charge in [-0.3, -0.25) is 9.59 Å². The lowest BCUT2D eigenvalue weighted by Gasteiger charge is -2.37. The van der Waals surface area contributed by atoms with Gasteiger partial charge in [-0.15, -0.1) is 0 Å². The number of amides is 2. The lowest BCUT2D eigenvalue weighted by Crippen LogP contribution is -2.48. The van der Waals surface area contributed by atoms with Crippen molar-refractivity contribution in [2.75, 3.05) is 12.3 Å². The van der Waals surface area contributed by atoms with Crippen molar-refractivity contribution in [3.8, 4) is 0 Å². The Labute approximate surface area is 116 Å². The molecule has 20 heavy (non-hydrogen) atoms. The van der Waals surface area contributed by atoms with Gasteiger partial charge in [-0.25, -0.2) is 4.39 Å². The van der Waals surface area contributed by atoms with Gasteiger partial charge in [0.15, 0.2) is 0 Å². The van der Waals surface area contributed by atoms with E-state index in [1.165, 1.54) is 18.2 Å². The number of benzene rings is 1. The van der Waals surface area contributed by atoms with E-state index < -0.39 is 11.7 Å². The predicted molar refractivity (Wildman–Crippen MR) is 73.2 cm³/mol. The smallest absolute Gasteiger partial charge is 0.254 e. The maximum atomic E-state index is 13.1. The Balaban J connectivity index is 2.21. The fourth-order valence-electron chi connectivity index (χ4n) is 2.46. The zero-order valence-electron chi connectivity index (χ0n) is 11.3. The first-order valence-corrected chi connectivity index (χ1v) is 6.55. The molecule has 1 fully saturated rings. The highest BCUT2D eigenvalue weighted by atomic mass is 19.1. The second kappa shape index (κ2) is 5.48. The summed E-state index contributed by atoms with van der Waals surface area (Å²) in [6.45, 7) is 2.22. The van der Waals surface area contributed by atoms with Crippen LogP contribution in [0.25, 0.3) is 0 Å². The van der Waals surface area contributed by atoms with E-state index in [-0.39, 0.29) is 23.6 Å². The number of nitrogen functional groups attached to an aromatic ring is 1. The molecule has 0 radical (unpaired) electrons. The first kappa shape index (κ1) is 14.3. The Bertz CT molecular complexity index is 547. The summed E-state index contributed by atoms with van der Waals surface area (Å²) in [6, 6.07) is 3.90. The lowest BCUT2D eigenvalue weighted by atomic mass is 9.92. The average molecular weight is 279 g/mol. The van der Waals surface area contributed by atoms with Gasteiger partial charge in [0.2, 0.25) is 5.91 Å². The molecule has 108 valence electrons. The second-order valence-corrected chi connectivity index (χ2v) is 5.22. The maximum absolute atomic E-state index is 13.1. The minimum atomic E-state index is -0.553. The fraction of sp³-hybridized carbons (Fsp3) is 0.429. The van der Waals surface area contributed by atoms with E-state index in [0.29, 0.717) is 18.5 Å². The minimum Gasteiger partial charge on any atom is -0.396 e. The van der Waals surface area contributed by atoms with Crippen LogP contribution in [0.2, 0.25) is 0 Å². The fourth-order valence-corrected chi connectivity index (χ4v) is 2.46. The van der Waals surface area contributed by atoms with E-state index in [0.717, 1.165) is 6.42 Å². The molecule has 6 heteroatoms. The van der Waals surface area contributed by atoms with E-state index >= 15 is 0 Å². The van der Waals surface area contributed by atoms with Crippen molar-refractivity contribution in [3.05, 3.63) is 29.6 Å². The van der Waals surface area contributed by atoms with Gasteiger partial charge in [0, 0.05) is 18.2 Å². The lowest BCUT2D eigenvalue weighted by molar-refractivity contribution is -0.123. The van der Waals surface area contributed by atoms with Crippen LogP contribution in [-0.4, -0.2) is 29.3 Å². The van der Waals surface area contributed by atoms with Crippen LogP contribution in [-0.2, 0) is 4.79 Å². The summed E-state index contributed by atoms with van der Waals surface area (Å²) in [5.74, 6) is -1.53. The highest BCUT2D eigenvalue weighted by molar-refractivity contribution is 5.95. The van der Waals surface area contributed by atoms with Crippen LogP contribution in [0.4, 0.5) is 10.1 Å². The Kier molecular flexibility index (Phi) is 3.92. The number of nitrogens with two attached hydrogens (primary N) is 2. The van der Waals surface area contributed by atoms with Gasteiger partial charge >= 0.3 is 0 Å². The first-order chi connectivity index (χ1) is 9.40. The topological polar surface area (TPSA) is 89.4 Å². The molecule has 1 heterocycles. The summed E-state index contributed by atoms with van der Waals surface area (Å²) in [7, 11) is 0. The molecule has 1 aliphatic heterocycles. The predicted octanol–water partition coefficient (Wildman–Crippen LogP) is 1.13. The largest absolute Gasteiger partial charge is 0.396 e. The van der Waals surface area contributed by atoms with E-state index in [9.17, 15) is 14.0 Å². The zero-order valence-corrected chi connectivity index (χ0v) is 11.3. The molecule has 1 aromatic rings. The number of hydrogen-bond donors (Lipinski definition) is 2. The van der Waals surface area contributed by atoms with Gasteiger partial charge in [0.1, 0.15) is 5.82 Å². The summed E-state index contributed by atoms with van der Waals surface area (Å²) in [4.78, 5) is 25.3. The maximum Gasteiger partial charge on any atom is 0.254 e. The molecule has 2 amide bonds. The van der Waals surface area contributed by atoms with Crippen molar-refractivity contribution in [3.63, 3.8) is 0 Å². The molecule has 5 nitrogen and oxygen atoms in total. The Hall–Kier alpha value is -2.11. The first-order valence-electron chi connectivity index (χ1n) is 6.55. The van der Waals surface area contributed by atoms with Crippen LogP contribution < -0.4 is 11.5 Å². The van der Waals surface area contributed by atoms with Crippen LogP contribution in [0.5, 0.6) is 0 Å². The molecule has 2 rings (SSSR count). The van der Waals surface area contributed by atoms with Crippen LogP contribution in [0, 0.1) is 11.7 Å². The Morgan fingerprint density at radius 2 is 2.05 bits per heavy atom. The number of halogens is 1. The minimum absolute atomic E-state index is 0.0179. The van der Waals surface area contributed by atoms with E-state index in [4.69, 9.17) is 11.5 Å². The van der Waals surface area contributed by atoms with Crippen molar-refractivity contribution in [1.29, 1.82) is 0 Å². The average Bonchev–Trinajstić information content (AvgIpc) is 2.41. The summed E-state index contributed by atoms with van der Waals surface area (Å²) in [6.07, 6.45) is 1.40. The van der Waals surface area contributed by atoms with Gasteiger partial charge in [0.25, 0.3) is 5.91 Å².